The maximum atomic E-state index is 9.47. The van der Waals surface area contributed by atoms with Crippen LogP contribution in [-0.2, 0) is 0 Å². The van der Waals surface area contributed by atoms with E-state index in [4.69, 9.17) is 10.7 Å². The van der Waals surface area contributed by atoms with Crippen LogP contribution in [0.5, 0.6) is 0 Å². The molecule has 1 fully saturated rings. The second kappa shape index (κ2) is 7.09. The summed E-state index contributed by atoms with van der Waals surface area (Å²) in [4.78, 5) is 11.5. The van der Waals surface area contributed by atoms with E-state index in [9.17, 15) is 5.26 Å². The van der Waals surface area contributed by atoms with Crippen LogP contribution in [-0.4, -0.2) is 33.7 Å². The third-order valence-corrected chi connectivity index (χ3v) is 4.48. The van der Waals surface area contributed by atoms with Gasteiger partial charge in [0.15, 0.2) is 5.82 Å². The summed E-state index contributed by atoms with van der Waals surface area (Å²) >= 11 is 0. The second-order valence-corrected chi connectivity index (χ2v) is 6.05. The van der Waals surface area contributed by atoms with Crippen LogP contribution in [0.4, 0.5) is 5.95 Å². The first kappa shape index (κ1) is 17.2. The average molecular weight is 355 g/mol. The Hall–Kier alpha value is -2.62. The fraction of sp³-hybridized carbons (Fsp3) is 0.278. The number of aromatic nitrogens is 3. The lowest BCUT2D eigenvalue weighted by Gasteiger charge is -2.31. The normalized spacial score (nSPS) is 15.0. The SMILES string of the molecule is Cl.N#Cc1cccnc1-n1c(N2CCC(N)CC2)nc2ccccc21. The molecule has 7 heteroatoms. The van der Waals surface area contributed by atoms with Gasteiger partial charge in [0.1, 0.15) is 6.07 Å². The molecular weight excluding hydrogens is 336 g/mol. The Bertz CT molecular complexity index is 921. The van der Waals surface area contributed by atoms with Crippen molar-refractivity contribution in [1.29, 1.82) is 5.26 Å². The van der Waals surface area contributed by atoms with Crippen LogP contribution in [0.1, 0.15) is 18.4 Å². The van der Waals surface area contributed by atoms with Gasteiger partial charge in [-0.25, -0.2) is 9.97 Å². The highest BCUT2D eigenvalue weighted by Gasteiger charge is 2.24. The van der Waals surface area contributed by atoms with E-state index < -0.39 is 0 Å². The Morgan fingerprint density at radius 1 is 1.12 bits per heavy atom. The number of pyridine rings is 1. The number of hydrogen-bond donors (Lipinski definition) is 1. The molecule has 0 atom stereocenters. The molecule has 0 unspecified atom stereocenters. The summed E-state index contributed by atoms with van der Waals surface area (Å²) < 4.78 is 1.99. The molecule has 0 aliphatic carbocycles. The smallest absolute Gasteiger partial charge is 0.212 e. The third-order valence-electron chi connectivity index (χ3n) is 4.48. The summed E-state index contributed by atoms with van der Waals surface area (Å²) in [6.07, 6.45) is 3.59. The van der Waals surface area contributed by atoms with Crippen molar-refractivity contribution in [3.8, 4) is 11.9 Å². The molecule has 2 N–H and O–H groups in total. The molecular formula is C18H19ClN6. The second-order valence-electron chi connectivity index (χ2n) is 6.05. The number of fused-ring (bicyclic) bond motifs is 1. The maximum absolute atomic E-state index is 9.47. The van der Waals surface area contributed by atoms with Gasteiger partial charge in [0.2, 0.25) is 5.95 Å². The number of piperidine rings is 1. The van der Waals surface area contributed by atoms with Crippen LogP contribution in [0.3, 0.4) is 0 Å². The molecule has 0 spiro atoms. The third kappa shape index (κ3) is 3.04. The van der Waals surface area contributed by atoms with E-state index in [1.807, 2.05) is 28.8 Å². The van der Waals surface area contributed by atoms with Gasteiger partial charge in [-0.3, -0.25) is 4.57 Å². The van der Waals surface area contributed by atoms with Crippen LogP contribution in [0, 0.1) is 11.3 Å². The van der Waals surface area contributed by atoms with Crippen LogP contribution >= 0.6 is 12.4 Å². The van der Waals surface area contributed by atoms with Crippen LogP contribution in [0.25, 0.3) is 16.9 Å². The highest BCUT2D eigenvalue weighted by molar-refractivity contribution is 5.85. The molecule has 1 saturated heterocycles. The van der Waals surface area contributed by atoms with Gasteiger partial charge in [-0.1, -0.05) is 12.1 Å². The zero-order valence-corrected chi connectivity index (χ0v) is 14.5. The lowest BCUT2D eigenvalue weighted by atomic mass is 10.1. The molecule has 25 heavy (non-hydrogen) atoms. The van der Waals surface area contributed by atoms with Crippen molar-refractivity contribution >= 4 is 29.4 Å². The number of anilines is 1. The Balaban J connectivity index is 0.00000182. The number of nitriles is 1. The highest BCUT2D eigenvalue weighted by Crippen LogP contribution is 2.29. The summed E-state index contributed by atoms with van der Waals surface area (Å²) in [5.41, 5.74) is 8.43. The minimum Gasteiger partial charge on any atom is -0.342 e. The van der Waals surface area contributed by atoms with Crippen molar-refractivity contribution in [3.05, 3.63) is 48.2 Å². The van der Waals surface area contributed by atoms with Gasteiger partial charge in [-0.05, 0) is 37.1 Å². The van der Waals surface area contributed by atoms with Gasteiger partial charge >= 0.3 is 0 Å². The standard InChI is InChI=1S/C18H18N6.ClH/c19-12-13-4-3-9-21-17(13)24-16-6-2-1-5-15(16)22-18(24)23-10-7-14(20)8-11-23;/h1-6,9,14H,7-8,10-11,20H2;1H. The van der Waals surface area contributed by atoms with E-state index >= 15 is 0 Å². The van der Waals surface area contributed by atoms with Gasteiger partial charge in [0.05, 0.1) is 16.6 Å². The van der Waals surface area contributed by atoms with Gasteiger partial charge < -0.3 is 10.6 Å². The number of nitrogens with zero attached hydrogens (tertiary/aromatic N) is 5. The molecule has 0 saturated carbocycles. The van der Waals surface area contributed by atoms with Crippen LogP contribution in [0.15, 0.2) is 42.6 Å². The number of nitrogens with two attached hydrogens (primary N) is 1. The summed E-state index contributed by atoms with van der Waals surface area (Å²) in [5, 5.41) is 9.47. The highest BCUT2D eigenvalue weighted by atomic mass is 35.5. The molecule has 128 valence electrons. The summed E-state index contributed by atoms with van der Waals surface area (Å²) in [7, 11) is 0. The first-order valence-corrected chi connectivity index (χ1v) is 8.11. The molecule has 0 amide bonds. The number of halogens is 1. The van der Waals surface area contributed by atoms with Crippen molar-refractivity contribution in [2.24, 2.45) is 5.73 Å². The molecule has 0 bridgehead atoms. The zero-order chi connectivity index (χ0) is 16.5. The first-order chi connectivity index (χ1) is 11.8. The Labute approximate surface area is 152 Å². The molecule has 2 aromatic heterocycles. The number of benzene rings is 1. The predicted octanol–water partition coefficient (Wildman–Crippen LogP) is 2.64. The van der Waals surface area contributed by atoms with E-state index in [1.54, 1.807) is 18.3 Å². The Morgan fingerprint density at radius 2 is 1.88 bits per heavy atom. The number of rotatable bonds is 2. The number of hydrogen-bond acceptors (Lipinski definition) is 5. The van der Waals surface area contributed by atoms with Crippen molar-refractivity contribution in [1.82, 2.24) is 14.5 Å². The van der Waals surface area contributed by atoms with Crippen LogP contribution < -0.4 is 10.6 Å². The Kier molecular flexibility index (Phi) is 4.88. The fourth-order valence-corrected chi connectivity index (χ4v) is 3.20. The van der Waals surface area contributed by atoms with Crippen molar-refractivity contribution < 1.29 is 0 Å². The average Bonchev–Trinajstić information content (AvgIpc) is 3.01. The van der Waals surface area contributed by atoms with E-state index in [2.05, 4.69) is 16.0 Å². The van der Waals surface area contributed by atoms with Crippen molar-refractivity contribution in [2.75, 3.05) is 18.0 Å². The van der Waals surface area contributed by atoms with Gasteiger partial charge in [-0.2, -0.15) is 5.26 Å². The van der Waals surface area contributed by atoms with Gasteiger partial charge in [0, 0.05) is 25.3 Å². The van der Waals surface area contributed by atoms with Gasteiger partial charge in [-0.15, -0.1) is 12.4 Å². The largest absolute Gasteiger partial charge is 0.342 e. The lowest BCUT2D eigenvalue weighted by molar-refractivity contribution is 0.494. The summed E-state index contributed by atoms with van der Waals surface area (Å²) in [5.74, 6) is 1.46. The molecule has 1 aliphatic rings. The monoisotopic (exact) mass is 354 g/mol. The molecule has 3 aromatic rings. The lowest BCUT2D eigenvalue weighted by Crippen LogP contribution is -2.40. The van der Waals surface area contributed by atoms with Crippen molar-refractivity contribution in [3.63, 3.8) is 0 Å². The first-order valence-electron chi connectivity index (χ1n) is 8.11. The molecule has 0 radical (unpaired) electrons. The topological polar surface area (TPSA) is 83.8 Å². The maximum Gasteiger partial charge on any atom is 0.212 e. The fourth-order valence-electron chi connectivity index (χ4n) is 3.20. The molecule has 4 rings (SSSR count). The Morgan fingerprint density at radius 3 is 2.64 bits per heavy atom. The molecule has 1 aromatic carbocycles. The minimum absolute atomic E-state index is 0. The van der Waals surface area contributed by atoms with E-state index in [0.717, 1.165) is 42.9 Å². The summed E-state index contributed by atoms with van der Waals surface area (Å²) in [6, 6.07) is 14.0. The van der Waals surface area contributed by atoms with E-state index in [-0.39, 0.29) is 18.4 Å². The zero-order valence-electron chi connectivity index (χ0n) is 13.7. The van der Waals surface area contributed by atoms with E-state index in [1.165, 1.54) is 0 Å². The van der Waals surface area contributed by atoms with Crippen LogP contribution in [0.2, 0.25) is 0 Å². The molecule has 1 aliphatic heterocycles. The summed E-state index contributed by atoms with van der Waals surface area (Å²) in [6.45, 7) is 1.72. The number of imidazole rings is 1. The predicted molar refractivity (Wildman–Crippen MR) is 100 cm³/mol. The molecule has 6 nitrogen and oxygen atoms in total. The quantitative estimate of drug-likeness (QED) is 0.764. The number of para-hydroxylation sites is 2. The van der Waals surface area contributed by atoms with Gasteiger partial charge in [0.25, 0.3) is 0 Å². The molecule has 3 heterocycles. The van der Waals surface area contributed by atoms with Crippen molar-refractivity contribution in [2.45, 2.75) is 18.9 Å². The van der Waals surface area contributed by atoms with E-state index in [0.29, 0.717) is 11.4 Å². The minimum atomic E-state index is 0.